The molecule has 0 amide bonds. The van der Waals surface area contributed by atoms with Crippen LogP contribution in [0, 0.1) is 0 Å². The van der Waals surface area contributed by atoms with Gasteiger partial charge in [-0.3, -0.25) is 0 Å². The molecule has 0 saturated heterocycles. The second-order valence-electron chi connectivity index (χ2n) is 3.77. The summed E-state index contributed by atoms with van der Waals surface area (Å²) in [7, 11) is 1.65. The molecule has 1 aromatic heterocycles. The first-order valence-electron chi connectivity index (χ1n) is 5.31. The summed E-state index contributed by atoms with van der Waals surface area (Å²) in [4.78, 5) is 1.03. The third kappa shape index (κ3) is 3.12. The second-order valence-corrected chi connectivity index (χ2v) is 6.06. The minimum absolute atomic E-state index is 0.128. The fraction of sp³-hybridized carbons (Fsp3) is 0.231. The molecular weight excluding hydrogens is 311 g/mol. The Labute approximate surface area is 125 Å². The number of benzene rings is 1. The number of hydrogen-bond acceptors (Lipinski definition) is 2. The van der Waals surface area contributed by atoms with Crippen molar-refractivity contribution in [3.8, 4) is 5.75 Å². The van der Waals surface area contributed by atoms with Crippen molar-refractivity contribution in [3.05, 3.63) is 50.1 Å². The van der Waals surface area contributed by atoms with Crippen molar-refractivity contribution in [1.82, 2.24) is 0 Å². The topological polar surface area (TPSA) is 9.23 Å². The van der Waals surface area contributed by atoms with E-state index in [2.05, 4.69) is 0 Å². The summed E-state index contributed by atoms with van der Waals surface area (Å²) in [6.07, 6.45) is 0.690. The molecule has 1 atom stereocenters. The molecule has 2 aromatic rings. The number of thiophene rings is 1. The quantitative estimate of drug-likeness (QED) is 0.667. The number of methoxy groups -OCH3 is 1. The van der Waals surface area contributed by atoms with E-state index in [9.17, 15) is 0 Å². The van der Waals surface area contributed by atoms with Crippen molar-refractivity contribution in [2.45, 2.75) is 11.8 Å². The number of halogens is 3. The van der Waals surface area contributed by atoms with Crippen LogP contribution in [0.2, 0.25) is 10.0 Å². The Morgan fingerprint density at radius 3 is 2.67 bits per heavy atom. The molecule has 0 aliphatic carbocycles. The van der Waals surface area contributed by atoms with Gasteiger partial charge in [0, 0.05) is 0 Å². The molecule has 18 heavy (non-hydrogen) atoms. The highest BCUT2D eigenvalue weighted by Crippen LogP contribution is 2.37. The average Bonchev–Trinajstić information content (AvgIpc) is 2.82. The van der Waals surface area contributed by atoms with Crippen LogP contribution in [0.5, 0.6) is 5.75 Å². The first-order chi connectivity index (χ1) is 8.61. The van der Waals surface area contributed by atoms with Crippen molar-refractivity contribution >= 4 is 46.1 Å². The van der Waals surface area contributed by atoms with Gasteiger partial charge in [0.15, 0.2) is 0 Å². The molecule has 0 spiro atoms. The van der Waals surface area contributed by atoms with Gasteiger partial charge in [0.05, 0.1) is 27.4 Å². The molecule has 0 N–H and O–H groups in total. The van der Waals surface area contributed by atoms with E-state index in [1.165, 1.54) is 0 Å². The van der Waals surface area contributed by atoms with Gasteiger partial charge in [0.1, 0.15) is 5.75 Å². The van der Waals surface area contributed by atoms with Gasteiger partial charge < -0.3 is 4.74 Å². The van der Waals surface area contributed by atoms with Crippen molar-refractivity contribution in [3.63, 3.8) is 0 Å². The van der Waals surface area contributed by atoms with E-state index < -0.39 is 0 Å². The standard InChI is InChI=1S/C13H11Cl3OS/c1-17-12-4-5-18-13(12)11(16)7-8-2-3-9(14)10(15)6-8/h2-6,11H,7H2,1H3. The van der Waals surface area contributed by atoms with Gasteiger partial charge in [0.25, 0.3) is 0 Å². The lowest BCUT2D eigenvalue weighted by Gasteiger charge is -2.10. The van der Waals surface area contributed by atoms with Crippen LogP contribution < -0.4 is 4.74 Å². The van der Waals surface area contributed by atoms with Gasteiger partial charge in [-0.05, 0) is 35.6 Å². The largest absolute Gasteiger partial charge is 0.496 e. The summed E-state index contributed by atoms with van der Waals surface area (Å²) in [5.74, 6) is 0.833. The highest BCUT2D eigenvalue weighted by atomic mass is 35.5. The number of ether oxygens (including phenoxy) is 1. The van der Waals surface area contributed by atoms with Gasteiger partial charge in [-0.1, -0.05) is 29.3 Å². The molecule has 0 saturated carbocycles. The minimum Gasteiger partial charge on any atom is -0.496 e. The van der Waals surface area contributed by atoms with E-state index in [4.69, 9.17) is 39.5 Å². The summed E-state index contributed by atoms with van der Waals surface area (Å²) in [5, 5.41) is 2.95. The summed E-state index contributed by atoms with van der Waals surface area (Å²) in [6.45, 7) is 0. The van der Waals surface area contributed by atoms with E-state index in [0.29, 0.717) is 16.5 Å². The van der Waals surface area contributed by atoms with Crippen LogP contribution in [0.3, 0.4) is 0 Å². The smallest absolute Gasteiger partial charge is 0.134 e. The molecule has 1 unspecified atom stereocenters. The normalized spacial score (nSPS) is 12.4. The van der Waals surface area contributed by atoms with Crippen LogP contribution in [0.15, 0.2) is 29.6 Å². The number of rotatable bonds is 4. The Kier molecular flexibility index (Phi) is 4.79. The van der Waals surface area contributed by atoms with Gasteiger partial charge >= 0.3 is 0 Å². The zero-order chi connectivity index (χ0) is 13.1. The first-order valence-corrected chi connectivity index (χ1v) is 7.38. The fourth-order valence-corrected chi connectivity index (χ4v) is 3.27. The highest BCUT2D eigenvalue weighted by molar-refractivity contribution is 7.10. The maximum atomic E-state index is 6.41. The molecule has 0 radical (unpaired) electrons. The Morgan fingerprint density at radius 2 is 2.00 bits per heavy atom. The van der Waals surface area contributed by atoms with Crippen LogP contribution in [0.1, 0.15) is 15.8 Å². The van der Waals surface area contributed by atoms with E-state index in [-0.39, 0.29) is 5.38 Å². The molecule has 2 rings (SSSR count). The van der Waals surface area contributed by atoms with Crippen LogP contribution in [0.25, 0.3) is 0 Å². The third-order valence-electron chi connectivity index (χ3n) is 2.56. The predicted octanol–water partition coefficient (Wildman–Crippen LogP) is 5.59. The zero-order valence-corrected chi connectivity index (χ0v) is 12.7. The van der Waals surface area contributed by atoms with Crippen molar-refractivity contribution < 1.29 is 4.74 Å². The SMILES string of the molecule is COc1ccsc1C(Cl)Cc1ccc(Cl)c(Cl)c1. The molecule has 0 aliphatic heterocycles. The monoisotopic (exact) mass is 320 g/mol. The zero-order valence-electron chi connectivity index (χ0n) is 9.62. The fourth-order valence-electron chi connectivity index (χ4n) is 1.67. The highest BCUT2D eigenvalue weighted by Gasteiger charge is 2.16. The van der Waals surface area contributed by atoms with Crippen LogP contribution >= 0.6 is 46.1 Å². The summed E-state index contributed by atoms with van der Waals surface area (Å²) in [5.41, 5.74) is 1.06. The van der Waals surface area contributed by atoms with Crippen molar-refractivity contribution in [2.75, 3.05) is 7.11 Å². The van der Waals surface area contributed by atoms with E-state index in [1.54, 1.807) is 24.5 Å². The van der Waals surface area contributed by atoms with E-state index in [0.717, 1.165) is 16.2 Å². The second kappa shape index (κ2) is 6.16. The summed E-state index contributed by atoms with van der Waals surface area (Å²) >= 11 is 19.9. The molecule has 1 heterocycles. The Bertz CT molecular complexity index is 539. The van der Waals surface area contributed by atoms with Crippen LogP contribution in [-0.2, 0) is 6.42 Å². The van der Waals surface area contributed by atoms with Crippen molar-refractivity contribution in [1.29, 1.82) is 0 Å². The Balaban J connectivity index is 2.16. The lowest BCUT2D eigenvalue weighted by molar-refractivity contribution is 0.412. The molecular formula is C13H11Cl3OS. The van der Waals surface area contributed by atoms with Crippen LogP contribution in [-0.4, -0.2) is 7.11 Å². The average molecular weight is 322 g/mol. The minimum atomic E-state index is -0.128. The molecule has 0 aliphatic rings. The Morgan fingerprint density at radius 1 is 1.22 bits per heavy atom. The lowest BCUT2D eigenvalue weighted by atomic mass is 10.1. The van der Waals surface area contributed by atoms with E-state index in [1.807, 2.05) is 23.6 Å². The molecule has 0 fully saturated rings. The molecule has 1 aromatic carbocycles. The molecule has 0 bridgehead atoms. The number of alkyl halides is 1. The van der Waals surface area contributed by atoms with Crippen molar-refractivity contribution in [2.24, 2.45) is 0 Å². The van der Waals surface area contributed by atoms with E-state index >= 15 is 0 Å². The van der Waals surface area contributed by atoms with Gasteiger partial charge in [-0.25, -0.2) is 0 Å². The summed E-state index contributed by atoms with van der Waals surface area (Å²) in [6, 6.07) is 7.49. The first kappa shape index (κ1) is 14.0. The van der Waals surface area contributed by atoms with Gasteiger partial charge in [-0.15, -0.1) is 22.9 Å². The maximum Gasteiger partial charge on any atom is 0.134 e. The molecule has 5 heteroatoms. The molecule has 1 nitrogen and oxygen atoms in total. The third-order valence-corrected chi connectivity index (χ3v) is 4.81. The summed E-state index contributed by atoms with van der Waals surface area (Å²) < 4.78 is 5.27. The van der Waals surface area contributed by atoms with Gasteiger partial charge in [0.2, 0.25) is 0 Å². The van der Waals surface area contributed by atoms with Crippen LogP contribution in [0.4, 0.5) is 0 Å². The maximum absolute atomic E-state index is 6.41. The Hall–Kier alpha value is -0.410. The molecule has 96 valence electrons. The predicted molar refractivity (Wildman–Crippen MR) is 79.6 cm³/mol. The lowest BCUT2D eigenvalue weighted by Crippen LogP contribution is -1.96. The number of hydrogen-bond donors (Lipinski definition) is 0. The van der Waals surface area contributed by atoms with Gasteiger partial charge in [-0.2, -0.15) is 0 Å².